The van der Waals surface area contributed by atoms with Crippen LogP contribution in [-0.2, 0) is 19.1 Å². The van der Waals surface area contributed by atoms with E-state index < -0.39 is 30.2 Å². The van der Waals surface area contributed by atoms with Gasteiger partial charge in [-0.3, -0.25) is 14.4 Å². The van der Waals surface area contributed by atoms with E-state index in [1.54, 1.807) is 4.90 Å². The lowest BCUT2D eigenvalue weighted by atomic mass is 10.1. The molecule has 2 fully saturated rings. The van der Waals surface area contributed by atoms with Crippen LogP contribution < -0.4 is 5.32 Å². The Morgan fingerprint density at radius 1 is 1.28 bits per heavy atom. The van der Waals surface area contributed by atoms with E-state index in [1.807, 2.05) is 0 Å². The highest BCUT2D eigenvalue weighted by atomic mass is 19.1. The van der Waals surface area contributed by atoms with Crippen molar-refractivity contribution >= 4 is 23.5 Å². The molecule has 2 amide bonds. The van der Waals surface area contributed by atoms with Crippen molar-refractivity contribution < 1.29 is 23.5 Å². The molecule has 7 heteroatoms. The molecule has 1 aromatic carbocycles. The minimum atomic E-state index is -0.545. The molecule has 1 N–H and O–H groups in total. The highest BCUT2D eigenvalue weighted by molar-refractivity contribution is 5.93. The fourth-order valence-corrected chi connectivity index (χ4v) is 3.48. The van der Waals surface area contributed by atoms with Crippen LogP contribution in [0.1, 0.15) is 32.1 Å². The Morgan fingerprint density at radius 2 is 2.04 bits per heavy atom. The van der Waals surface area contributed by atoms with Gasteiger partial charge in [-0.05, 0) is 31.0 Å². The normalized spacial score (nSPS) is 20.8. The van der Waals surface area contributed by atoms with Gasteiger partial charge in [0.25, 0.3) is 5.91 Å². The monoisotopic (exact) mass is 348 g/mol. The fourth-order valence-electron chi connectivity index (χ4n) is 3.48. The molecular formula is C18H21FN2O4. The van der Waals surface area contributed by atoms with Crippen molar-refractivity contribution in [1.29, 1.82) is 0 Å². The summed E-state index contributed by atoms with van der Waals surface area (Å²) in [5.41, 5.74) is 0.296. The Bertz CT molecular complexity index is 673. The molecular weight excluding hydrogens is 327 g/mol. The van der Waals surface area contributed by atoms with E-state index >= 15 is 0 Å². The number of halogens is 1. The zero-order valence-corrected chi connectivity index (χ0v) is 13.9. The first-order valence-electron chi connectivity index (χ1n) is 8.54. The van der Waals surface area contributed by atoms with Gasteiger partial charge >= 0.3 is 5.97 Å². The van der Waals surface area contributed by atoms with Crippen LogP contribution in [0.25, 0.3) is 0 Å². The standard InChI is InChI=1S/C18H21FN2O4/c19-13-4-3-5-14(9-13)20-16(22)11-25-18(24)12-8-17(23)21(10-12)15-6-1-2-7-15/h3-5,9,12,15H,1-2,6-8,10-11H2,(H,20,22)/t12-/m1/s1. The van der Waals surface area contributed by atoms with E-state index in [2.05, 4.69) is 5.32 Å². The van der Waals surface area contributed by atoms with E-state index in [1.165, 1.54) is 24.3 Å². The third-order valence-electron chi connectivity index (χ3n) is 4.71. The van der Waals surface area contributed by atoms with Crippen LogP contribution in [0.2, 0.25) is 0 Å². The Kier molecular flexibility index (Phi) is 5.31. The second-order valence-corrected chi connectivity index (χ2v) is 6.55. The molecule has 1 atom stereocenters. The number of nitrogens with one attached hydrogen (secondary N) is 1. The molecule has 1 aromatic rings. The zero-order valence-electron chi connectivity index (χ0n) is 13.9. The molecule has 2 aliphatic rings. The number of benzene rings is 1. The molecule has 1 saturated heterocycles. The van der Waals surface area contributed by atoms with Crippen LogP contribution in [0.4, 0.5) is 10.1 Å². The molecule has 1 saturated carbocycles. The molecule has 6 nitrogen and oxygen atoms in total. The van der Waals surface area contributed by atoms with Crippen LogP contribution in [0, 0.1) is 11.7 Å². The van der Waals surface area contributed by atoms with Gasteiger partial charge in [0.15, 0.2) is 6.61 Å². The summed E-state index contributed by atoms with van der Waals surface area (Å²) in [6, 6.07) is 5.69. The quantitative estimate of drug-likeness (QED) is 0.827. The minimum absolute atomic E-state index is 0.0157. The molecule has 0 aromatic heterocycles. The number of carbonyl (C=O) groups excluding carboxylic acids is 3. The minimum Gasteiger partial charge on any atom is -0.455 e. The van der Waals surface area contributed by atoms with Gasteiger partial charge < -0.3 is 15.0 Å². The Hall–Kier alpha value is -2.44. The van der Waals surface area contributed by atoms with Crippen molar-refractivity contribution in [2.45, 2.75) is 38.1 Å². The molecule has 0 spiro atoms. The number of anilines is 1. The summed E-state index contributed by atoms with van der Waals surface area (Å²) in [7, 11) is 0. The first-order chi connectivity index (χ1) is 12.0. The van der Waals surface area contributed by atoms with Crippen molar-refractivity contribution in [2.75, 3.05) is 18.5 Å². The molecule has 1 aliphatic heterocycles. The first-order valence-corrected chi connectivity index (χ1v) is 8.54. The average Bonchev–Trinajstić information content (AvgIpc) is 3.22. The summed E-state index contributed by atoms with van der Waals surface area (Å²) < 4.78 is 18.1. The first kappa shape index (κ1) is 17.4. The Balaban J connectivity index is 1.46. The van der Waals surface area contributed by atoms with Gasteiger partial charge in [-0.2, -0.15) is 0 Å². The van der Waals surface area contributed by atoms with Gasteiger partial charge in [0.1, 0.15) is 5.82 Å². The van der Waals surface area contributed by atoms with Gasteiger partial charge in [0.05, 0.1) is 5.92 Å². The molecule has 1 aliphatic carbocycles. The SMILES string of the molecule is O=C(COC(=O)[C@@H]1CC(=O)N(C2CCCC2)C1)Nc1cccc(F)c1. The Labute approximate surface area is 145 Å². The van der Waals surface area contributed by atoms with Gasteiger partial charge in [-0.1, -0.05) is 18.9 Å². The van der Waals surface area contributed by atoms with Crippen LogP contribution >= 0.6 is 0 Å². The highest BCUT2D eigenvalue weighted by Crippen LogP contribution is 2.29. The highest BCUT2D eigenvalue weighted by Gasteiger charge is 2.39. The molecule has 1 heterocycles. The predicted molar refractivity (Wildman–Crippen MR) is 88.1 cm³/mol. The molecule has 0 unspecified atom stereocenters. The summed E-state index contributed by atoms with van der Waals surface area (Å²) in [4.78, 5) is 37.8. The number of hydrogen-bond donors (Lipinski definition) is 1. The number of carbonyl (C=O) groups is 3. The van der Waals surface area contributed by atoms with E-state index in [-0.39, 0.29) is 18.4 Å². The van der Waals surface area contributed by atoms with Crippen LogP contribution in [-0.4, -0.2) is 41.9 Å². The number of nitrogens with zero attached hydrogens (tertiary/aromatic N) is 1. The maximum Gasteiger partial charge on any atom is 0.311 e. The lowest BCUT2D eigenvalue weighted by Crippen LogP contribution is -2.35. The van der Waals surface area contributed by atoms with Crippen molar-refractivity contribution in [3.8, 4) is 0 Å². The van der Waals surface area contributed by atoms with Crippen molar-refractivity contribution in [3.63, 3.8) is 0 Å². The number of amides is 2. The van der Waals surface area contributed by atoms with Gasteiger partial charge in [0, 0.05) is 24.7 Å². The fraction of sp³-hybridized carbons (Fsp3) is 0.500. The van der Waals surface area contributed by atoms with Gasteiger partial charge in [-0.25, -0.2) is 4.39 Å². The third kappa shape index (κ3) is 4.35. The Morgan fingerprint density at radius 3 is 2.76 bits per heavy atom. The summed E-state index contributed by atoms with van der Waals surface area (Å²) in [5, 5.41) is 2.46. The summed E-state index contributed by atoms with van der Waals surface area (Å²) in [6.07, 6.45) is 4.35. The molecule has 3 rings (SSSR count). The lowest BCUT2D eigenvalue weighted by Gasteiger charge is -2.23. The molecule has 134 valence electrons. The predicted octanol–water partition coefficient (Wildman–Crippen LogP) is 2.10. The average molecular weight is 348 g/mol. The largest absolute Gasteiger partial charge is 0.455 e. The van der Waals surface area contributed by atoms with Crippen LogP contribution in [0.5, 0.6) is 0 Å². The van der Waals surface area contributed by atoms with E-state index in [9.17, 15) is 18.8 Å². The van der Waals surface area contributed by atoms with E-state index in [0.29, 0.717) is 12.2 Å². The second-order valence-electron chi connectivity index (χ2n) is 6.55. The van der Waals surface area contributed by atoms with Gasteiger partial charge in [0.2, 0.25) is 5.91 Å². The summed E-state index contributed by atoms with van der Waals surface area (Å²) in [6.45, 7) is -0.0860. The van der Waals surface area contributed by atoms with E-state index in [4.69, 9.17) is 4.74 Å². The number of esters is 1. The maximum atomic E-state index is 13.1. The second kappa shape index (κ2) is 7.63. The van der Waals surface area contributed by atoms with Crippen LogP contribution in [0.15, 0.2) is 24.3 Å². The van der Waals surface area contributed by atoms with E-state index in [0.717, 1.165) is 25.7 Å². The zero-order chi connectivity index (χ0) is 17.8. The smallest absolute Gasteiger partial charge is 0.311 e. The van der Waals surface area contributed by atoms with Gasteiger partial charge in [-0.15, -0.1) is 0 Å². The molecule has 25 heavy (non-hydrogen) atoms. The third-order valence-corrected chi connectivity index (χ3v) is 4.71. The van der Waals surface area contributed by atoms with Crippen molar-refractivity contribution in [1.82, 2.24) is 4.90 Å². The molecule has 0 bridgehead atoms. The molecule has 0 radical (unpaired) electrons. The topological polar surface area (TPSA) is 75.7 Å². The van der Waals surface area contributed by atoms with Crippen molar-refractivity contribution in [2.24, 2.45) is 5.92 Å². The summed E-state index contributed by atoms with van der Waals surface area (Å²) in [5.74, 6) is -2.08. The lowest BCUT2D eigenvalue weighted by molar-refractivity contribution is -0.151. The number of rotatable bonds is 5. The summed E-state index contributed by atoms with van der Waals surface area (Å²) >= 11 is 0. The van der Waals surface area contributed by atoms with Crippen LogP contribution in [0.3, 0.4) is 0 Å². The number of ether oxygens (including phenoxy) is 1. The van der Waals surface area contributed by atoms with Crippen molar-refractivity contribution in [3.05, 3.63) is 30.1 Å². The number of likely N-dealkylation sites (tertiary alicyclic amines) is 1. The number of hydrogen-bond acceptors (Lipinski definition) is 4. The maximum absolute atomic E-state index is 13.1.